The monoisotopic (exact) mass is 634 g/mol. The quantitative estimate of drug-likeness (QED) is 0.0601. The fourth-order valence-corrected chi connectivity index (χ4v) is 9.23. The Morgan fingerprint density at radius 1 is 0.487 bits per heavy atom. The molecule has 6 unspecified atom stereocenters. The van der Waals surface area contributed by atoms with E-state index in [9.17, 15) is 18.9 Å². The molecule has 6 atom stereocenters. The van der Waals surface area contributed by atoms with Crippen molar-refractivity contribution in [3.8, 4) is 0 Å². The van der Waals surface area contributed by atoms with Crippen LogP contribution in [0, 0.1) is 11.8 Å². The first-order valence-corrected chi connectivity index (χ1v) is 20.3. The molecule has 0 N–H and O–H groups in total. The molecule has 4 nitrogen and oxygen atoms in total. The van der Waals surface area contributed by atoms with Crippen LogP contribution in [0.3, 0.4) is 0 Å². The molecular weight excluding hydrogens is 566 g/mol. The second-order valence-electron chi connectivity index (χ2n) is 12.0. The summed E-state index contributed by atoms with van der Waals surface area (Å²) in [5, 5.41) is 0. The summed E-state index contributed by atoms with van der Waals surface area (Å²) in [5.74, 6) is 0.753. The van der Waals surface area contributed by atoms with Gasteiger partial charge in [-0.1, -0.05) is 158 Å². The molecule has 0 aromatic heterocycles. The van der Waals surface area contributed by atoms with Gasteiger partial charge in [0.25, 0.3) is 0 Å². The maximum absolute atomic E-state index is 12.4. The molecule has 7 heteroatoms. The zero-order valence-corrected chi connectivity index (χ0v) is 30.2. The summed E-state index contributed by atoms with van der Waals surface area (Å²) in [4.78, 5) is 24.7. The van der Waals surface area contributed by atoms with Gasteiger partial charge >= 0.3 is 17.1 Å². The van der Waals surface area contributed by atoms with Crippen molar-refractivity contribution in [1.82, 2.24) is 0 Å². The van der Waals surface area contributed by atoms with Crippen LogP contribution in [-0.4, -0.2) is 23.6 Å². The predicted molar refractivity (Wildman–Crippen MR) is 168 cm³/mol. The molecule has 39 heavy (non-hydrogen) atoms. The smallest absolute Gasteiger partial charge is 0.799 e. The van der Waals surface area contributed by atoms with Crippen molar-refractivity contribution in [2.75, 3.05) is 12.3 Å². The van der Waals surface area contributed by atoms with E-state index in [0.717, 1.165) is 77.0 Å². The van der Waals surface area contributed by atoms with Crippen molar-refractivity contribution in [3.63, 3.8) is 0 Å². The number of hydrogen-bond acceptors (Lipinski definition) is 4. The summed E-state index contributed by atoms with van der Waals surface area (Å²) >= 11 is 0. The fourth-order valence-electron chi connectivity index (χ4n) is 5.04. The molecule has 0 saturated carbocycles. The number of hydrogen-bond donors (Lipinski definition) is 0. The molecule has 0 bridgehead atoms. The van der Waals surface area contributed by atoms with Gasteiger partial charge in [0.15, 0.2) is 0 Å². The van der Waals surface area contributed by atoms with E-state index in [1.165, 1.54) is 38.5 Å². The van der Waals surface area contributed by atoms with Gasteiger partial charge < -0.3 is 18.9 Å². The van der Waals surface area contributed by atoms with E-state index < -0.39 is 14.7 Å². The van der Waals surface area contributed by atoms with E-state index in [2.05, 4.69) is 41.5 Å². The minimum atomic E-state index is -3.20. The Hall–Kier alpha value is 0.899. The van der Waals surface area contributed by atoms with Gasteiger partial charge in [0.1, 0.15) is 0 Å². The van der Waals surface area contributed by atoms with E-state index in [-0.39, 0.29) is 28.4 Å². The molecule has 0 fully saturated rings. The Morgan fingerprint density at radius 2 is 0.795 bits per heavy atom. The first kappa shape index (κ1) is 44.3. The van der Waals surface area contributed by atoms with Crippen LogP contribution >= 0.6 is 14.7 Å². The summed E-state index contributed by atoms with van der Waals surface area (Å²) in [7, 11) is -6.39. The minimum absolute atomic E-state index is 0. The molecule has 0 amide bonds. The second kappa shape index (κ2) is 27.7. The molecule has 0 aromatic rings. The third kappa shape index (κ3) is 24.1. The largest absolute Gasteiger partial charge is 2.00 e. The van der Waals surface area contributed by atoms with E-state index in [4.69, 9.17) is 0 Å². The Morgan fingerprint density at radius 3 is 1.05 bits per heavy atom. The maximum Gasteiger partial charge on any atom is 2.00 e. The Kier molecular flexibility index (Phi) is 31.5. The average Bonchev–Trinajstić information content (AvgIpc) is 2.89. The van der Waals surface area contributed by atoms with Gasteiger partial charge in [-0.3, -0.25) is 0 Å². The standard InChI is InChI=1S/2C16H35O2P.Fe/c2*1-5-8-10-11-12-15(4)19(17,18)14-16(7-3)13-9-6-2;/h2*15-16H,5-14H2,1-4H3,(H,17,18);/q;;+2/p-2. The first-order valence-electron chi connectivity index (χ1n) is 16.5. The van der Waals surface area contributed by atoms with Gasteiger partial charge in [0, 0.05) is 14.7 Å². The molecule has 0 rings (SSSR count). The van der Waals surface area contributed by atoms with Crippen molar-refractivity contribution in [3.05, 3.63) is 0 Å². The van der Waals surface area contributed by atoms with Crippen molar-refractivity contribution in [1.29, 1.82) is 0 Å². The van der Waals surface area contributed by atoms with Crippen LogP contribution in [0.4, 0.5) is 0 Å². The van der Waals surface area contributed by atoms with Gasteiger partial charge in [-0.25, -0.2) is 0 Å². The molecule has 0 radical (unpaired) electrons. The van der Waals surface area contributed by atoms with Crippen molar-refractivity contribution in [2.24, 2.45) is 11.8 Å². The Balaban J connectivity index is -0.000000648. The third-order valence-electron chi connectivity index (χ3n) is 8.41. The van der Waals surface area contributed by atoms with Crippen LogP contribution < -0.4 is 9.79 Å². The maximum atomic E-state index is 12.4. The van der Waals surface area contributed by atoms with Crippen LogP contribution in [0.25, 0.3) is 0 Å². The molecule has 0 saturated heterocycles. The fraction of sp³-hybridized carbons (Fsp3) is 1.00. The minimum Gasteiger partial charge on any atom is -0.799 e. The molecule has 0 spiro atoms. The van der Waals surface area contributed by atoms with Gasteiger partial charge in [-0.05, 0) is 48.3 Å². The van der Waals surface area contributed by atoms with Crippen molar-refractivity contribution >= 4 is 14.7 Å². The van der Waals surface area contributed by atoms with Crippen LogP contribution in [0.15, 0.2) is 0 Å². The van der Waals surface area contributed by atoms with Crippen molar-refractivity contribution in [2.45, 2.75) is 182 Å². The van der Waals surface area contributed by atoms with Gasteiger partial charge in [-0.15, -0.1) is 0 Å². The normalized spacial score (nSPS) is 17.5. The van der Waals surface area contributed by atoms with E-state index in [0.29, 0.717) is 24.2 Å². The predicted octanol–water partition coefficient (Wildman–Crippen LogP) is 10.4. The molecule has 0 aliphatic rings. The summed E-state index contributed by atoms with van der Waals surface area (Å²) in [6, 6.07) is 0. The van der Waals surface area contributed by atoms with E-state index >= 15 is 0 Å². The second-order valence-corrected chi connectivity index (χ2v) is 17.4. The zero-order chi connectivity index (χ0) is 29.5. The van der Waals surface area contributed by atoms with Crippen LogP contribution in [0.2, 0.25) is 0 Å². The van der Waals surface area contributed by atoms with Crippen molar-refractivity contribution < 1.29 is 36.0 Å². The summed E-state index contributed by atoms with van der Waals surface area (Å²) in [6.45, 7) is 16.7. The SMILES string of the molecule is CCCCCCC(C)P(=O)([O-])CC(CC)CCCC.CCCCCCC(C)P(=O)([O-])CC(CC)CCCC.[Fe+2]. The van der Waals surface area contributed by atoms with Crippen LogP contribution in [0.5, 0.6) is 0 Å². The molecule has 0 aliphatic heterocycles. The first-order chi connectivity index (χ1) is 17.9. The molecule has 238 valence electrons. The summed E-state index contributed by atoms with van der Waals surface area (Å²) < 4.78 is 24.7. The van der Waals surface area contributed by atoms with Crippen LogP contribution in [-0.2, 0) is 26.2 Å². The number of rotatable bonds is 24. The Labute approximate surface area is 256 Å². The molecular formula is C32H68FeO4P2. The van der Waals surface area contributed by atoms with Gasteiger partial charge in [0.05, 0.1) is 0 Å². The summed E-state index contributed by atoms with van der Waals surface area (Å²) in [5.41, 5.74) is -0.250. The third-order valence-corrected chi connectivity index (χ3v) is 13.7. The topological polar surface area (TPSA) is 80.3 Å². The average molecular weight is 635 g/mol. The van der Waals surface area contributed by atoms with Gasteiger partial charge in [0.2, 0.25) is 0 Å². The zero-order valence-electron chi connectivity index (χ0n) is 27.3. The summed E-state index contributed by atoms with van der Waals surface area (Å²) in [6.07, 6.45) is 20.7. The molecule has 0 aliphatic carbocycles. The van der Waals surface area contributed by atoms with E-state index in [1.54, 1.807) is 0 Å². The molecule has 0 heterocycles. The van der Waals surface area contributed by atoms with E-state index in [1.807, 2.05) is 13.8 Å². The number of unbranched alkanes of at least 4 members (excludes halogenated alkanes) is 8. The van der Waals surface area contributed by atoms with Gasteiger partial charge in [-0.2, -0.15) is 0 Å². The molecule has 0 aromatic carbocycles. The van der Waals surface area contributed by atoms with Crippen LogP contribution in [0.1, 0.15) is 171 Å². The Bertz CT molecular complexity index is 565.